The minimum Gasteiger partial charge on any atom is -0.508 e. The van der Waals surface area contributed by atoms with Gasteiger partial charge in [-0.3, -0.25) is 4.79 Å². The number of carboxylic acid groups (broad SMARTS) is 1. The molecule has 0 radical (unpaired) electrons. The number of phenols is 1. The molecule has 0 saturated carbocycles. The van der Waals surface area contributed by atoms with E-state index < -0.39 is 11.9 Å². The van der Waals surface area contributed by atoms with Gasteiger partial charge in [0.1, 0.15) is 12.0 Å². The van der Waals surface area contributed by atoms with Crippen LogP contribution in [-0.4, -0.2) is 22.5 Å². The predicted molar refractivity (Wildman–Crippen MR) is 152 cm³/mol. The van der Waals surface area contributed by atoms with Crippen LogP contribution in [0.3, 0.4) is 0 Å². The van der Waals surface area contributed by atoms with Crippen molar-refractivity contribution in [1.29, 1.82) is 0 Å². The maximum absolute atomic E-state index is 11.9. The molecule has 0 aromatic heterocycles. The van der Waals surface area contributed by atoms with Gasteiger partial charge in [0.25, 0.3) is 0 Å². The largest absolute Gasteiger partial charge is 0.508 e. The van der Waals surface area contributed by atoms with Crippen LogP contribution in [-0.2, 0) is 22.4 Å². The standard InChI is InChI=1S/C34H42O4/c35-24-31(27-11-4-5-12-27)16-3-1-2-13-28-14-6-7-15-30(34(37)38)22-25-9-8-10-26(21-25)23-33(28)29-17-19-32(36)20-18-29/h4,6-11,17-21,24,27-28,30-31,33,36H,1-3,5,12-16,22-23H2,(H,37,38)/b7-6-/t27-,28+,30+,31-,33-/m1/s1. The second-order valence-corrected chi connectivity index (χ2v) is 11.3. The monoisotopic (exact) mass is 514 g/mol. The first-order chi connectivity index (χ1) is 18.5. The molecule has 2 aromatic carbocycles. The molecule has 4 rings (SSSR count). The van der Waals surface area contributed by atoms with Gasteiger partial charge in [-0.25, -0.2) is 0 Å². The van der Waals surface area contributed by atoms with Crippen LogP contribution < -0.4 is 0 Å². The zero-order valence-corrected chi connectivity index (χ0v) is 22.4. The maximum Gasteiger partial charge on any atom is 0.307 e. The normalized spacial score (nSPS) is 25.2. The quantitative estimate of drug-likeness (QED) is 0.194. The smallest absolute Gasteiger partial charge is 0.307 e. The van der Waals surface area contributed by atoms with Crippen molar-refractivity contribution in [2.24, 2.45) is 23.7 Å². The van der Waals surface area contributed by atoms with Crippen LogP contribution in [0.1, 0.15) is 80.4 Å². The zero-order valence-electron chi connectivity index (χ0n) is 22.4. The molecule has 0 amide bonds. The summed E-state index contributed by atoms with van der Waals surface area (Å²) in [7, 11) is 0. The van der Waals surface area contributed by atoms with E-state index in [0.717, 1.165) is 69.6 Å². The summed E-state index contributed by atoms with van der Waals surface area (Å²) in [4.78, 5) is 23.5. The lowest BCUT2D eigenvalue weighted by Crippen LogP contribution is -2.18. The molecule has 38 heavy (non-hydrogen) atoms. The number of rotatable bonds is 10. The Bertz CT molecular complexity index is 1100. The van der Waals surface area contributed by atoms with Gasteiger partial charge in [-0.2, -0.15) is 0 Å². The number of fused-ring (bicyclic) bond motifs is 2. The zero-order chi connectivity index (χ0) is 26.7. The fraction of sp³-hybridized carbons (Fsp3) is 0.471. The van der Waals surface area contributed by atoms with Crippen LogP contribution in [0.4, 0.5) is 0 Å². The minimum absolute atomic E-state index is 0.150. The third kappa shape index (κ3) is 7.93. The molecule has 202 valence electrons. The summed E-state index contributed by atoms with van der Waals surface area (Å²) in [6.07, 6.45) is 20.3. The fourth-order valence-corrected chi connectivity index (χ4v) is 6.35. The third-order valence-corrected chi connectivity index (χ3v) is 8.58. The van der Waals surface area contributed by atoms with E-state index in [4.69, 9.17) is 0 Å². The molecule has 0 fully saturated rings. The Balaban J connectivity index is 1.48. The number of aromatic hydroxyl groups is 1. The fourth-order valence-electron chi connectivity index (χ4n) is 6.35. The second-order valence-electron chi connectivity index (χ2n) is 11.3. The highest BCUT2D eigenvalue weighted by Crippen LogP contribution is 2.37. The molecule has 0 unspecified atom stereocenters. The number of aliphatic carboxylic acids is 1. The van der Waals surface area contributed by atoms with Crippen molar-refractivity contribution in [1.82, 2.24) is 0 Å². The number of unbranched alkanes of at least 4 members (excludes halogenated alkanes) is 2. The van der Waals surface area contributed by atoms with Crippen molar-refractivity contribution in [3.05, 3.63) is 89.5 Å². The summed E-state index contributed by atoms with van der Waals surface area (Å²) < 4.78 is 0. The highest BCUT2D eigenvalue weighted by Gasteiger charge is 2.25. The topological polar surface area (TPSA) is 74.6 Å². The van der Waals surface area contributed by atoms with Crippen LogP contribution in [0, 0.1) is 23.7 Å². The number of phenolic OH excluding ortho intramolecular Hbond substituents is 1. The molecule has 2 N–H and O–H groups in total. The highest BCUT2D eigenvalue weighted by molar-refractivity contribution is 5.70. The Hall–Kier alpha value is -3.14. The number of allylic oxidation sites excluding steroid dienone is 4. The van der Waals surface area contributed by atoms with Gasteiger partial charge in [-0.15, -0.1) is 0 Å². The molecule has 2 bridgehead atoms. The number of hydrogen-bond donors (Lipinski definition) is 2. The van der Waals surface area contributed by atoms with E-state index in [9.17, 15) is 19.8 Å². The van der Waals surface area contributed by atoms with Crippen LogP contribution in [0.5, 0.6) is 5.75 Å². The van der Waals surface area contributed by atoms with E-state index in [0.29, 0.717) is 30.6 Å². The molecular weight excluding hydrogens is 472 g/mol. The lowest BCUT2D eigenvalue weighted by Gasteiger charge is -2.28. The number of hydrogen-bond acceptors (Lipinski definition) is 3. The van der Waals surface area contributed by atoms with Gasteiger partial charge < -0.3 is 15.0 Å². The summed E-state index contributed by atoms with van der Waals surface area (Å²) in [5, 5.41) is 19.7. The minimum atomic E-state index is -0.739. The summed E-state index contributed by atoms with van der Waals surface area (Å²) in [5.74, 6) is 0.413. The van der Waals surface area contributed by atoms with Crippen molar-refractivity contribution in [3.8, 4) is 5.75 Å². The Morgan fingerprint density at radius 1 is 0.947 bits per heavy atom. The average Bonchev–Trinajstić information content (AvgIpc) is 3.45. The SMILES string of the molecule is O=C[C@@H](CCCCC[C@H]1C/C=C\C[C@H](C(=O)O)Cc2cccc(c2)C[C@H]1c1ccc(O)cc1)[C@@H]1C=CCC1. The van der Waals surface area contributed by atoms with E-state index in [1.54, 1.807) is 12.1 Å². The molecule has 0 aliphatic heterocycles. The van der Waals surface area contributed by atoms with Crippen molar-refractivity contribution < 1.29 is 19.8 Å². The molecule has 2 aliphatic carbocycles. The van der Waals surface area contributed by atoms with Crippen molar-refractivity contribution in [2.45, 2.75) is 76.5 Å². The lowest BCUT2D eigenvalue weighted by molar-refractivity contribution is -0.141. The average molecular weight is 515 g/mol. The van der Waals surface area contributed by atoms with Gasteiger partial charge in [-0.1, -0.05) is 80.0 Å². The summed E-state index contributed by atoms with van der Waals surface area (Å²) in [5.41, 5.74) is 3.55. The van der Waals surface area contributed by atoms with Crippen LogP contribution in [0.15, 0.2) is 72.8 Å². The van der Waals surface area contributed by atoms with Crippen LogP contribution >= 0.6 is 0 Å². The van der Waals surface area contributed by atoms with Gasteiger partial charge in [0.2, 0.25) is 0 Å². The summed E-state index contributed by atoms with van der Waals surface area (Å²) in [6, 6.07) is 16.1. The molecule has 2 aromatic rings. The van der Waals surface area contributed by atoms with E-state index in [2.05, 4.69) is 54.6 Å². The second kappa shape index (κ2) is 14.1. The van der Waals surface area contributed by atoms with Gasteiger partial charge in [0, 0.05) is 5.92 Å². The molecule has 4 heteroatoms. The molecule has 0 saturated heterocycles. The Morgan fingerprint density at radius 3 is 2.42 bits per heavy atom. The first-order valence-corrected chi connectivity index (χ1v) is 14.4. The third-order valence-electron chi connectivity index (χ3n) is 8.58. The number of benzene rings is 2. The Kier molecular flexibility index (Phi) is 10.4. The molecule has 0 spiro atoms. The Labute approximate surface area is 227 Å². The molecule has 2 aliphatic rings. The first kappa shape index (κ1) is 27.9. The summed E-state index contributed by atoms with van der Waals surface area (Å²) in [6.45, 7) is 0. The van der Waals surface area contributed by atoms with Gasteiger partial charge >= 0.3 is 5.97 Å². The highest BCUT2D eigenvalue weighted by atomic mass is 16.4. The molecule has 5 atom stereocenters. The lowest BCUT2D eigenvalue weighted by atomic mass is 9.76. The van der Waals surface area contributed by atoms with Crippen LogP contribution in [0.25, 0.3) is 0 Å². The van der Waals surface area contributed by atoms with E-state index in [1.807, 2.05) is 6.07 Å². The number of carbonyl (C=O) groups is 2. The maximum atomic E-state index is 11.9. The molecule has 4 nitrogen and oxygen atoms in total. The van der Waals surface area contributed by atoms with Gasteiger partial charge in [0.15, 0.2) is 0 Å². The Morgan fingerprint density at radius 2 is 1.71 bits per heavy atom. The number of carboxylic acids is 1. The van der Waals surface area contributed by atoms with E-state index in [-0.39, 0.29) is 11.7 Å². The van der Waals surface area contributed by atoms with Gasteiger partial charge in [-0.05, 0) is 97.9 Å². The van der Waals surface area contributed by atoms with Crippen molar-refractivity contribution >= 4 is 12.3 Å². The van der Waals surface area contributed by atoms with Crippen molar-refractivity contribution in [2.75, 3.05) is 0 Å². The predicted octanol–water partition coefficient (Wildman–Crippen LogP) is 7.66. The van der Waals surface area contributed by atoms with E-state index in [1.165, 1.54) is 11.1 Å². The summed E-state index contributed by atoms with van der Waals surface area (Å²) >= 11 is 0. The van der Waals surface area contributed by atoms with E-state index >= 15 is 0 Å². The number of aldehydes is 1. The molecular formula is C34H42O4. The number of carbonyl (C=O) groups excluding carboxylic acids is 1. The van der Waals surface area contributed by atoms with Crippen LogP contribution in [0.2, 0.25) is 0 Å². The van der Waals surface area contributed by atoms with Gasteiger partial charge in [0.05, 0.1) is 5.92 Å². The molecule has 0 heterocycles. The first-order valence-electron chi connectivity index (χ1n) is 14.4. The van der Waals surface area contributed by atoms with Crippen molar-refractivity contribution in [3.63, 3.8) is 0 Å².